The number of terminal acetylenes is 1. The number of aliphatic hydroxyl groups is 3. The number of hydrogen-bond donors (Lipinski definition) is 4. The highest BCUT2D eigenvalue weighted by molar-refractivity contribution is 5.40. The van der Waals surface area contributed by atoms with Crippen LogP contribution in [-0.4, -0.2) is 33.0 Å². The molecule has 0 bridgehead atoms. The van der Waals surface area contributed by atoms with Crippen molar-refractivity contribution in [2.45, 2.75) is 19.1 Å². The highest BCUT2D eigenvalue weighted by atomic mass is 16.5. The predicted molar refractivity (Wildman–Crippen MR) is 66.3 cm³/mol. The summed E-state index contributed by atoms with van der Waals surface area (Å²) in [5.74, 6) is 1.76. The Hall–Kier alpha value is -2.23. The minimum absolute atomic E-state index is 0.107. The first-order valence-electron chi connectivity index (χ1n) is 5.57. The standard InChI is InChI=1S/C13H13NO5/c1-3-8-7(4-6(2)13(18)14-8)12-11(17)10(16)9(5-15)19-12/h1,4,11-12,15-17H,5H2,2H3,(H,14,18)/t11?,12-/m0/s1. The Kier molecular flexibility index (Phi) is 3.34. The molecule has 6 nitrogen and oxygen atoms in total. The molecule has 1 unspecified atom stereocenters. The number of pyridine rings is 1. The summed E-state index contributed by atoms with van der Waals surface area (Å²) in [5, 5.41) is 28.5. The van der Waals surface area contributed by atoms with Gasteiger partial charge < -0.3 is 25.0 Å². The quantitative estimate of drug-likeness (QED) is 0.556. The predicted octanol–water partition coefficient (Wildman–Crippen LogP) is -0.141. The molecule has 0 aromatic carbocycles. The second-order valence-corrected chi connectivity index (χ2v) is 4.21. The summed E-state index contributed by atoms with van der Waals surface area (Å²) >= 11 is 0. The van der Waals surface area contributed by atoms with Gasteiger partial charge in [-0.15, -0.1) is 6.42 Å². The molecule has 19 heavy (non-hydrogen) atoms. The molecule has 1 aliphatic rings. The minimum atomic E-state index is -1.33. The number of aromatic amines is 1. The number of hydrogen-bond acceptors (Lipinski definition) is 5. The normalized spacial score (nSPS) is 22.2. The van der Waals surface area contributed by atoms with Crippen LogP contribution in [0.3, 0.4) is 0 Å². The summed E-state index contributed by atoms with van der Waals surface area (Å²) in [6, 6.07) is 1.50. The third kappa shape index (κ3) is 2.10. The van der Waals surface area contributed by atoms with Crippen LogP contribution in [0.4, 0.5) is 0 Å². The second kappa shape index (κ2) is 4.80. The summed E-state index contributed by atoms with van der Waals surface area (Å²) in [6.07, 6.45) is 3.01. The number of rotatable bonds is 2. The lowest BCUT2D eigenvalue weighted by Crippen LogP contribution is -2.21. The van der Waals surface area contributed by atoms with Crippen LogP contribution in [0.2, 0.25) is 0 Å². The summed E-state index contributed by atoms with van der Waals surface area (Å²) in [7, 11) is 0. The first-order chi connectivity index (χ1) is 8.99. The zero-order chi connectivity index (χ0) is 14.2. The van der Waals surface area contributed by atoms with Crippen LogP contribution in [0, 0.1) is 19.3 Å². The third-order valence-electron chi connectivity index (χ3n) is 2.97. The monoisotopic (exact) mass is 263 g/mol. The highest BCUT2D eigenvalue weighted by Gasteiger charge is 2.37. The average molecular weight is 263 g/mol. The largest absolute Gasteiger partial charge is 0.506 e. The Labute approximate surface area is 109 Å². The smallest absolute Gasteiger partial charge is 0.251 e. The van der Waals surface area contributed by atoms with Crippen molar-refractivity contribution in [1.82, 2.24) is 4.98 Å². The lowest BCUT2D eigenvalue weighted by molar-refractivity contribution is 0.0320. The Morgan fingerprint density at radius 3 is 2.79 bits per heavy atom. The SMILES string of the molecule is C#Cc1[nH]c(=O)c(C)cc1[C@@H]1OC(CO)=C(O)C1O. The summed E-state index contributed by atoms with van der Waals surface area (Å²) in [5.41, 5.74) is 0.624. The summed E-state index contributed by atoms with van der Waals surface area (Å²) < 4.78 is 5.27. The zero-order valence-electron chi connectivity index (χ0n) is 10.2. The lowest BCUT2D eigenvalue weighted by Gasteiger charge is -2.17. The van der Waals surface area contributed by atoms with E-state index in [1.807, 2.05) is 0 Å². The Bertz CT molecular complexity index is 637. The van der Waals surface area contributed by atoms with Crippen LogP contribution < -0.4 is 5.56 Å². The minimum Gasteiger partial charge on any atom is -0.506 e. The van der Waals surface area contributed by atoms with Crippen LogP contribution in [0.1, 0.15) is 22.9 Å². The molecule has 6 heteroatoms. The van der Waals surface area contributed by atoms with Gasteiger partial charge in [0.15, 0.2) is 23.7 Å². The van der Waals surface area contributed by atoms with E-state index in [1.54, 1.807) is 6.92 Å². The molecule has 0 saturated heterocycles. The zero-order valence-corrected chi connectivity index (χ0v) is 10.2. The molecule has 2 heterocycles. The molecule has 0 aliphatic carbocycles. The maximum atomic E-state index is 11.5. The molecule has 0 spiro atoms. The molecular weight excluding hydrogens is 250 g/mol. The number of nitrogens with one attached hydrogen (secondary N) is 1. The molecule has 100 valence electrons. The van der Waals surface area contributed by atoms with E-state index in [0.29, 0.717) is 11.1 Å². The van der Waals surface area contributed by atoms with Crippen LogP contribution in [0.25, 0.3) is 0 Å². The van der Waals surface area contributed by atoms with E-state index in [2.05, 4.69) is 10.9 Å². The van der Waals surface area contributed by atoms with E-state index in [0.717, 1.165) is 0 Å². The fourth-order valence-electron chi connectivity index (χ4n) is 1.94. The van der Waals surface area contributed by atoms with Gasteiger partial charge in [0.05, 0.1) is 5.69 Å². The topological polar surface area (TPSA) is 103 Å². The summed E-state index contributed by atoms with van der Waals surface area (Å²) in [4.78, 5) is 14.0. The van der Waals surface area contributed by atoms with Crippen molar-refractivity contribution < 1.29 is 20.1 Å². The van der Waals surface area contributed by atoms with E-state index in [4.69, 9.17) is 16.3 Å². The first kappa shape index (κ1) is 13.2. The third-order valence-corrected chi connectivity index (χ3v) is 2.97. The molecule has 0 fully saturated rings. The van der Waals surface area contributed by atoms with E-state index in [1.165, 1.54) is 6.07 Å². The van der Waals surface area contributed by atoms with Gasteiger partial charge in [0, 0.05) is 11.1 Å². The van der Waals surface area contributed by atoms with Gasteiger partial charge in [-0.1, -0.05) is 5.92 Å². The van der Waals surface area contributed by atoms with Crippen LogP contribution in [0.5, 0.6) is 0 Å². The molecule has 1 aromatic heterocycles. The molecule has 2 rings (SSSR count). The number of aliphatic hydroxyl groups excluding tert-OH is 3. The van der Waals surface area contributed by atoms with Gasteiger partial charge in [0.25, 0.3) is 5.56 Å². The number of aromatic nitrogens is 1. The van der Waals surface area contributed by atoms with Gasteiger partial charge >= 0.3 is 0 Å². The van der Waals surface area contributed by atoms with Gasteiger partial charge in [-0.05, 0) is 13.0 Å². The lowest BCUT2D eigenvalue weighted by atomic mass is 10.0. The maximum Gasteiger partial charge on any atom is 0.251 e. The fourth-order valence-corrected chi connectivity index (χ4v) is 1.94. The summed E-state index contributed by atoms with van der Waals surface area (Å²) in [6.45, 7) is 1.05. The van der Waals surface area contributed by atoms with Crippen molar-refractivity contribution in [3.8, 4) is 12.3 Å². The molecule has 4 N–H and O–H groups in total. The van der Waals surface area contributed by atoms with Crippen LogP contribution in [0.15, 0.2) is 22.4 Å². The van der Waals surface area contributed by atoms with Crippen molar-refractivity contribution in [3.05, 3.63) is 44.8 Å². The molecule has 0 saturated carbocycles. The van der Waals surface area contributed by atoms with E-state index in [9.17, 15) is 15.0 Å². The van der Waals surface area contributed by atoms with Crippen molar-refractivity contribution in [2.75, 3.05) is 6.61 Å². The molecule has 0 amide bonds. The number of aryl methyl sites for hydroxylation is 1. The Morgan fingerprint density at radius 1 is 1.58 bits per heavy atom. The van der Waals surface area contributed by atoms with E-state index < -0.39 is 24.6 Å². The van der Waals surface area contributed by atoms with Crippen molar-refractivity contribution in [1.29, 1.82) is 0 Å². The average Bonchev–Trinajstić information content (AvgIpc) is 2.69. The Balaban J connectivity index is 2.48. The maximum absolute atomic E-state index is 11.5. The van der Waals surface area contributed by atoms with Gasteiger partial charge in [-0.3, -0.25) is 4.79 Å². The molecule has 1 aliphatic heterocycles. The number of ether oxygens (including phenoxy) is 1. The molecule has 0 radical (unpaired) electrons. The van der Waals surface area contributed by atoms with Crippen LogP contribution in [-0.2, 0) is 4.74 Å². The van der Waals surface area contributed by atoms with Gasteiger partial charge in [-0.25, -0.2) is 0 Å². The second-order valence-electron chi connectivity index (χ2n) is 4.21. The van der Waals surface area contributed by atoms with Gasteiger partial charge in [0.2, 0.25) is 0 Å². The first-order valence-corrected chi connectivity index (χ1v) is 5.57. The molecule has 1 aromatic rings. The number of H-pyrrole nitrogens is 1. The van der Waals surface area contributed by atoms with Crippen molar-refractivity contribution in [2.24, 2.45) is 0 Å². The van der Waals surface area contributed by atoms with E-state index in [-0.39, 0.29) is 17.0 Å². The van der Waals surface area contributed by atoms with Gasteiger partial charge in [0.1, 0.15) is 6.61 Å². The van der Waals surface area contributed by atoms with Crippen molar-refractivity contribution >= 4 is 0 Å². The molecular formula is C13H13NO5. The Morgan fingerprint density at radius 2 is 2.26 bits per heavy atom. The fraction of sp³-hybridized carbons (Fsp3) is 0.308. The molecule has 2 atom stereocenters. The van der Waals surface area contributed by atoms with Gasteiger partial charge in [-0.2, -0.15) is 0 Å². The van der Waals surface area contributed by atoms with E-state index >= 15 is 0 Å². The highest BCUT2D eigenvalue weighted by Crippen LogP contribution is 2.35. The van der Waals surface area contributed by atoms with Crippen LogP contribution >= 0.6 is 0 Å². The van der Waals surface area contributed by atoms with Crippen molar-refractivity contribution in [3.63, 3.8) is 0 Å².